The summed E-state index contributed by atoms with van der Waals surface area (Å²) in [4.78, 5) is 13.0. The summed E-state index contributed by atoms with van der Waals surface area (Å²) in [5, 5.41) is 7.27. The minimum absolute atomic E-state index is 0.553. The average molecular weight is 340 g/mol. The zero-order valence-electron chi connectivity index (χ0n) is 13.5. The number of halogens is 1. The number of rotatable bonds is 5. The fourth-order valence-electron chi connectivity index (χ4n) is 2.30. The van der Waals surface area contributed by atoms with E-state index in [0.717, 1.165) is 28.3 Å². The summed E-state index contributed by atoms with van der Waals surface area (Å²) in [5.41, 5.74) is 4.00. The number of pyridine rings is 1. The van der Waals surface area contributed by atoms with E-state index in [1.807, 2.05) is 50.2 Å². The second kappa shape index (κ2) is 7.27. The van der Waals surface area contributed by atoms with E-state index < -0.39 is 0 Å². The summed E-state index contributed by atoms with van der Waals surface area (Å²) < 4.78 is 0. The van der Waals surface area contributed by atoms with Crippen LogP contribution in [0.4, 0.5) is 17.5 Å². The Balaban J connectivity index is 1.76. The second-order valence-corrected chi connectivity index (χ2v) is 5.95. The number of benzene rings is 1. The highest BCUT2D eigenvalue weighted by Gasteiger charge is 2.05. The van der Waals surface area contributed by atoms with E-state index in [4.69, 9.17) is 11.6 Å². The largest absolute Gasteiger partial charge is 0.366 e. The third-order valence-electron chi connectivity index (χ3n) is 3.51. The number of hydrogen-bond acceptors (Lipinski definition) is 5. The smallest absolute Gasteiger partial charge is 0.229 e. The molecule has 3 aromatic rings. The third-order valence-corrected chi connectivity index (χ3v) is 3.75. The first kappa shape index (κ1) is 16.2. The van der Waals surface area contributed by atoms with E-state index in [-0.39, 0.29) is 0 Å². The summed E-state index contributed by atoms with van der Waals surface area (Å²) in [6.07, 6.45) is 3.55. The van der Waals surface area contributed by atoms with Crippen LogP contribution in [0.15, 0.2) is 48.8 Å². The number of nitrogens with zero attached hydrogens (tertiary/aromatic N) is 3. The van der Waals surface area contributed by atoms with Crippen molar-refractivity contribution in [3.8, 4) is 0 Å². The van der Waals surface area contributed by atoms with Gasteiger partial charge in [0.25, 0.3) is 0 Å². The summed E-state index contributed by atoms with van der Waals surface area (Å²) in [7, 11) is 0. The highest BCUT2D eigenvalue weighted by atomic mass is 35.5. The predicted octanol–water partition coefficient (Wildman–Crippen LogP) is 4.50. The molecule has 122 valence electrons. The van der Waals surface area contributed by atoms with Crippen LogP contribution in [-0.2, 0) is 6.54 Å². The molecule has 2 heterocycles. The van der Waals surface area contributed by atoms with Gasteiger partial charge in [0.2, 0.25) is 5.95 Å². The maximum absolute atomic E-state index is 6.00. The van der Waals surface area contributed by atoms with E-state index in [9.17, 15) is 0 Å². The van der Waals surface area contributed by atoms with Crippen LogP contribution in [0, 0.1) is 13.8 Å². The van der Waals surface area contributed by atoms with Crippen molar-refractivity contribution < 1.29 is 0 Å². The maximum Gasteiger partial charge on any atom is 0.229 e. The Morgan fingerprint density at radius 3 is 2.54 bits per heavy atom. The molecule has 0 fully saturated rings. The molecule has 0 amide bonds. The number of anilines is 3. The molecule has 3 rings (SSSR count). The monoisotopic (exact) mass is 339 g/mol. The Labute approximate surface area is 146 Å². The molecule has 0 aliphatic rings. The molecular formula is C18H18ClN5. The van der Waals surface area contributed by atoms with Crippen LogP contribution in [0.2, 0.25) is 5.02 Å². The number of hydrogen-bond donors (Lipinski definition) is 2. The Hall–Kier alpha value is -2.66. The summed E-state index contributed by atoms with van der Waals surface area (Å²) in [6, 6.07) is 11.5. The first-order valence-electron chi connectivity index (χ1n) is 7.62. The van der Waals surface area contributed by atoms with Gasteiger partial charge in [-0.3, -0.25) is 4.98 Å². The fourth-order valence-corrected chi connectivity index (χ4v) is 2.52. The van der Waals surface area contributed by atoms with Crippen LogP contribution in [0.3, 0.4) is 0 Å². The van der Waals surface area contributed by atoms with Crippen LogP contribution < -0.4 is 10.6 Å². The highest BCUT2D eigenvalue weighted by molar-refractivity contribution is 6.30. The van der Waals surface area contributed by atoms with E-state index in [1.165, 1.54) is 0 Å². The second-order valence-electron chi connectivity index (χ2n) is 5.51. The third kappa shape index (κ3) is 4.20. The Morgan fingerprint density at radius 2 is 1.79 bits per heavy atom. The average Bonchev–Trinajstić information content (AvgIpc) is 2.56. The maximum atomic E-state index is 6.00. The number of aryl methyl sites for hydroxylation is 2. The first-order chi connectivity index (χ1) is 11.6. The predicted molar refractivity (Wildman–Crippen MR) is 97.8 cm³/mol. The molecule has 2 aromatic heterocycles. The molecule has 0 atom stereocenters. The van der Waals surface area contributed by atoms with Crippen molar-refractivity contribution in [1.29, 1.82) is 0 Å². The van der Waals surface area contributed by atoms with Gasteiger partial charge in [0, 0.05) is 41.4 Å². The lowest BCUT2D eigenvalue weighted by Crippen LogP contribution is -2.06. The minimum Gasteiger partial charge on any atom is -0.366 e. The van der Waals surface area contributed by atoms with Gasteiger partial charge >= 0.3 is 0 Å². The van der Waals surface area contributed by atoms with Crippen molar-refractivity contribution in [2.45, 2.75) is 20.4 Å². The minimum atomic E-state index is 0.553. The van der Waals surface area contributed by atoms with Crippen molar-refractivity contribution in [1.82, 2.24) is 15.0 Å². The van der Waals surface area contributed by atoms with Crippen LogP contribution in [0.25, 0.3) is 0 Å². The quantitative estimate of drug-likeness (QED) is 0.716. The first-order valence-corrected chi connectivity index (χ1v) is 7.99. The molecule has 1 aromatic carbocycles. The van der Waals surface area contributed by atoms with E-state index in [2.05, 4.69) is 25.6 Å². The molecule has 0 unspecified atom stereocenters. The number of nitrogens with one attached hydrogen (secondary N) is 2. The molecule has 5 nitrogen and oxygen atoms in total. The lowest BCUT2D eigenvalue weighted by atomic mass is 10.2. The van der Waals surface area contributed by atoms with Crippen molar-refractivity contribution >= 4 is 29.1 Å². The zero-order chi connectivity index (χ0) is 16.9. The molecular weight excluding hydrogens is 322 g/mol. The van der Waals surface area contributed by atoms with E-state index in [0.29, 0.717) is 17.5 Å². The molecule has 0 aliphatic carbocycles. The van der Waals surface area contributed by atoms with Gasteiger partial charge in [0.05, 0.1) is 0 Å². The Bertz CT molecular complexity index is 836. The van der Waals surface area contributed by atoms with Crippen molar-refractivity contribution in [3.05, 3.63) is 70.6 Å². The molecule has 24 heavy (non-hydrogen) atoms. The van der Waals surface area contributed by atoms with E-state index >= 15 is 0 Å². The summed E-state index contributed by atoms with van der Waals surface area (Å²) in [5.74, 6) is 1.33. The highest BCUT2D eigenvalue weighted by Crippen LogP contribution is 2.23. The molecule has 0 radical (unpaired) electrons. The van der Waals surface area contributed by atoms with Gasteiger partial charge in [-0.05, 0) is 55.3 Å². The van der Waals surface area contributed by atoms with Crippen LogP contribution in [-0.4, -0.2) is 15.0 Å². The van der Waals surface area contributed by atoms with Gasteiger partial charge in [-0.1, -0.05) is 11.6 Å². The van der Waals surface area contributed by atoms with Gasteiger partial charge in [0.1, 0.15) is 5.82 Å². The summed E-state index contributed by atoms with van der Waals surface area (Å²) >= 11 is 6.00. The molecule has 0 saturated heterocycles. The Kier molecular flexibility index (Phi) is 4.91. The molecule has 2 N–H and O–H groups in total. The molecule has 6 heteroatoms. The van der Waals surface area contributed by atoms with Crippen molar-refractivity contribution in [2.75, 3.05) is 10.6 Å². The van der Waals surface area contributed by atoms with Gasteiger partial charge in [-0.25, -0.2) is 4.98 Å². The molecule has 0 spiro atoms. The topological polar surface area (TPSA) is 62.7 Å². The van der Waals surface area contributed by atoms with Crippen LogP contribution >= 0.6 is 11.6 Å². The van der Waals surface area contributed by atoms with E-state index in [1.54, 1.807) is 12.4 Å². The fraction of sp³-hybridized carbons (Fsp3) is 0.167. The van der Waals surface area contributed by atoms with Crippen molar-refractivity contribution in [3.63, 3.8) is 0 Å². The Morgan fingerprint density at radius 1 is 1.00 bits per heavy atom. The molecule has 0 aliphatic heterocycles. The SMILES string of the molecule is Cc1cc(NCc2ccncc2)nc(Nc2ccc(Cl)cc2C)n1. The van der Waals surface area contributed by atoms with Gasteiger partial charge in [-0.15, -0.1) is 0 Å². The van der Waals surface area contributed by atoms with Gasteiger partial charge in [0.15, 0.2) is 0 Å². The lowest BCUT2D eigenvalue weighted by Gasteiger charge is -2.11. The standard InChI is InChI=1S/C18H18ClN5/c1-12-9-15(19)3-4-16(12)23-18-22-13(2)10-17(24-18)21-11-14-5-7-20-8-6-14/h3-10H,11H2,1-2H3,(H2,21,22,23,24). The molecule has 0 bridgehead atoms. The van der Waals surface area contributed by atoms with Crippen molar-refractivity contribution in [2.24, 2.45) is 0 Å². The van der Waals surface area contributed by atoms with Crippen LogP contribution in [0.5, 0.6) is 0 Å². The zero-order valence-corrected chi connectivity index (χ0v) is 14.3. The summed E-state index contributed by atoms with van der Waals surface area (Å²) in [6.45, 7) is 4.62. The van der Waals surface area contributed by atoms with Gasteiger partial charge < -0.3 is 10.6 Å². The normalized spacial score (nSPS) is 10.5. The van der Waals surface area contributed by atoms with Crippen LogP contribution in [0.1, 0.15) is 16.8 Å². The number of aromatic nitrogens is 3. The lowest BCUT2D eigenvalue weighted by molar-refractivity contribution is 1.05. The molecule has 0 saturated carbocycles. The van der Waals surface area contributed by atoms with Gasteiger partial charge in [-0.2, -0.15) is 4.98 Å².